The van der Waals surface area contributed by atoms with Gasteiger partial charge in [0.2, 0.25) is 0 Å². The first-order valence-electron chi connectivity index (χ1n) is 7.10. The molecule has 1 atom stereocenters. The van der Waals surface area contributed by atoms with Crippen LogP contribution in [-0.4, -0.2) is 21.5 Å². The third-order valence-corrected chi connectivity index (χ3v) is 3.22. The van der Waals surface area contributed by atoms with Crippen LogP contribution in [0.15, 0.2) is 30.5 Å². The molecule has 0 spiro atoms. The lowest BCUT2D eigenvalue weighted by Crippen LogP contribution is -2.25. The van der Waals surface area contributed by atoms with Gasteiger partial charge in [0.15, 0.2) is 0 Å². The number of benzene rings is 1. The minimum absolute atomic E-state index is 0.100. The van der Waals surface area contributed by atoms with Crippen molar-refractivity contribution >= 4 is 0 Å². The molecule has 1 heterocycles. The second-order valence-corrected chi connectivity index (χ2v) is 4.83. The summed E-state index contributed by atoms with van der Waals surface area (Å²) in [5, 5.41) is 11.6. The molecule has 2 aromatic rings. The molecule has 0 saturated heterocycles. The summed E-state index contributed by atoms with van der Waals surface area (Å²) < 4.78 is 15.2. The van der Waals surface area contributed by atoms with E-state index in [9.17, 15) is 4.39 Å². The third-order valence-electron chi connectivity index (χ3n) is 3.22. The molecule has 1 aromatic heterocycles. The average Bonchev–Trinajstić information content (AvgIpc) is 2.87. The van der Waals surface area contributed by atoms with Crippen LogP contribution in [-0.2, 0) is 13.0 Å². The molecule has 1 N–H and O–H groups in total. The zero-order chi connectivity index (χ0) is 14.4. The van der Waals surface area contributed by atoms with Gasteiger partial charge in [0.25, 0.3) is 0 Å². The zero-order valence-corrected chi connectivity index (χ0v) is 12.0. The van der Waals surface area contributed by atoms with E-state index in [2.05, 4.69) is 29.5 Å². The topological polar surface area (TPSA) is 42.7 Å². The fourth-order valence-electron chi connectivity index (χ4n) is 2.35. The predicted octanol–water partition coefficient (Wildman–Crippen LogP) is 2.72. The molecule has 0 aliphatic heterocycles. The van der Waals surface area contributed by atoms with Crippen molar-refractivity contribution in [1.29, 1.82) is 0 Å². The standard InChI is InChI=1S/C15H21FN4/c1-3-8-20-15(11-18-19-20)14(17-4-2)10-12-6-5-7-13(16)9-12/h5-7,9,11,14,17H,3-4,8,10H2,1-2H3. The summed E-state index contributed by atoms with van der Waals surface area (Å²) in [6.45, 7) is 5.87. The number of likely N-dealkylation sites (N-methyl/N-ethyl adjacent to an activating group) is 1. The highest BCUT2D eigenvalue weighted by Crippen LogP contribution is 2.18. The fourth-order valence-corrected chi connectivity index (χ4v) is 2.35. The molecule has 4 nitrogen and oxygen atoms in total. The maximum absolute atomic E-state index is 13.3. The molecule has 108 valence electrons. The van der Waals surface area contributed by atoms with E-state index in [1.807, 2.05) is 10.7 Å². The zero-order valence-electron chi connectivity index (χ0n) is 12.0. The second-order valence-electron chi connectivity index (χ2n) is 4.83. The van der Waals surface area contributed by atoms with Gasteiger partial charge < -0.3 is 5.32 Å². The molecule has 5 heteroatoms. The largest absolute Gasteiger partial charge is 0.309 e. The van der Waals surface area contributed by atoms with Gasteiger partial charge >= 0.3 is 0 Å². The Morgan fingerprint density at radius 2 is 2.20 bits per heavy atom. The van der Waals surface area contributed by atoms with Crippen LogP contribution < -0.4 is 5.32 Å². The summed E-state index contributed by atoms with van der Waals surface area (Å²) in [5.74, 6) is -0.196. The lowest BCUT2D eigenvalue weighted by Gasteiger charge is -2.18. The minimum Gasteiger partial charge on any atom is -0.309 e. The molecular formula is C15H21FN4. The molecule has 0 amide bonds. The fraction of sp³-hybridized carbons (Fsp3) is 0.467. The van der Waals surface area contributed by atoms with Crippen molar-refractivity contribution < 1.29 is 4.39 Å². The monoisotopic (exact) mass is 276 g/mol. The van der Waals surface area contributed by atoms with E-state index in [1.54, 1.807) is 18.3 Å². The number of halogens is 1. The molecule has 20 heavy (non-hydrogen) atoms. The van der Waals surface area contributed by atoms with E-state index in [4.69, 9.17) is 0 Å². The van der Waals surface area contributed by atoms with Crippen molar-refractivity contribution in [2.45, 2.75) is 39.3 Å². The van der Waals surface area contributed by atoms with E-state index in [0.717, 1.165) is 37.2 Å². The third kappa shape index (κ3) is 3.63. The Morgan fingerprint density at radius 1 is 1.35 bits per heavy atom. The van der Waals surface area contributed by atoms with Crippen LogP contribution in [0, 0.1) is 5.82 Å². The van der Waals surface area contributed by atoms with Crippen molar-refractivity contribution in [2.75, 3.05) is 6.54 Å². The number of nitrogens with zero attached hydrogens (tertiary/aromatic N) is 3. The van der Waals surface area contributed by atoms with Gasteiger partial charge in [-0.15, -0.1) is 5.10 Å². The van der Waals surface area contributed by atoms with Crippen LogP contribution >= 0.6 is 0 Å². The van der Waals surface area contributed by atoms with Gasteiger partial charge in [0, 0.05) is 6.54 Å². The number of hydrogen-bond donors (Lipinski definition) is 1. The second kappa shape index (κ2) is 7.14. The van der Waals surface area contributed by atoms with Crippen molar-refractivity contribution in [3.05, 3.63) is 47.5 Å². The summed E-state index contributed by atoms with van der Waals surface area (Å²) in [4.78, 5) is 0. The van der Waals surface area contributed by atoms with Gasteiger partial charge in [0.05, 0.1) is 17.9 Å². The molecule has 0 bridgehead atoms. The Kier molecular flexibility index (Phi) is 5.24. The summed E-state index contributed by atoms with van der Waals surface area (Å²) in [7, 11) is 0. The van der Waals surface area contributed by atoms with E-state index in [-0.39, 0.29) is 11.9 Å². The van der Waals surface area contributed by atoms with E-state index >= 15 is 0 Å². The predicted molar refractivity (Wildman–Crippen MR) is 76.8 cm³/mol. The smallest absolute Gasteiger partial charge is 0.123 e. The number of aromatic nitrogens is 3. The van der Waals surface area contributed by atoms with Gasteiger partial charge in [-0.3, -0.25) is 0 Å². The van der Waals surface area contributed by atoms with Crippen molar-refractivity contribution in [1.82, 2.24) is 20.3 Å². The molecular weight excluding hydrogens is 255 g/mol. The SMILES string of the molecule is CCCn1nncc1C(Cc1cccc(F)c1)NCC. The quantitative estimate of drug-likeness (QED) is 0.845. The molecule has 0 aliphatic carbocycles. The Balaban J connectivity index is 2.20. The molecule has 0 saturated carbocycles. The maximum Gasteiger partial charge on any atom is 0.123 e. The molecule has 2 rings (SSSR count). The lowest BCUT2D eigenvalue weighted by molar-refractivity contribution is 0.473. The Hall–Kier alpha value is -1.75. The first-order chi connectivity index (χ1) is 9.74. The number of hydrogen-bond acceptors (Lipinski definition) is 3. The highest BCUT2D eigenvalue weighted by molar-refractivity contribution is 5.19. The van der Waals surface area contributed by atoms with Crippen LogP contribution in [0.25, 0.3) is 0 Å². The van der Waals surface area contributed by atoms with Crippen LogP contribution in [0.3, 0.4) is 0 Å². The molecule has 1 aromatic carbocycles. The lowest BCUT2D eigenvalue weighted by atomic mass is 10.0. The first-order valence-corrected chi connectivity index (χ1v) is 7.10. The Morgan fingerprint density at radius 3 is 2.90 bits per heavy atom. The average molecular weight is 276 g/mol. The minimum atomic E-state index is -0.196. The van der Waals surface area contributed by atoms with E-state index in [1.165, 1.54) is 6.07 Å². The van der Waals surface area contributed by atoms with Crippen LogP contribution in [0.2, 0.25) is 0 Å². The Bertz CT molecular complexity index is 538. The van der Waals surface area contributed by atoms with Crippen LogP contribution in [0.1, 0.15) is 37.6 Å². The van der Waals surface area contributed by atoms with Crippen molar-refractivity contribution in [2.24, 2.45) is 0 Å². The normalized spacial score (nSPS) is 12.6. The van der Waals surface area contributed by atoms with Gasteiger partial charge in [-0.2, -0.15) is 0 Å². The van der Waals surface area contributed by atoms with Crippen LogP contribution in [0.4, 0.5) is 4.39 Å². The van der Waals surface area contributed by atoms with Gasteiger partial charge in [-0.25, -0.2) is 9.07 Å². The molecule has 0 radical (unpaired) electrons. The van der Waals surface area contributed by atoms with Gasteiger partial charge in [0.1, 0.15) is 5.82 Å². The first kappa shape index (κ1) is 14.7. The number of nitrogens with one attached hydrogen (secondary N) is 1. The van der Waals surface area contributed by atoms with Crippen LogP contribution in [0.5, 0.6) is 0 Å². The maximum atomic E-state index is 13.3. The molecule has 0 fully saturated rings. The summed E-state index contributed by atoms with van der Waals surface area (Å²) in [5.41, 5.74) is 2.03. The van der Waals surface area contributed by atoms with E-state index in [0.29, 0.717) is 0 Å². The Labute approximate surface area is 119 Å². The van der Waals surface area contributed by atoms with E-state index < -0.39 is 0 Å². The van der Waals surface area contributed by atoms with Crippen molar-refractivity contribution in [3.8, 4) is 0 Å². The van der Waals surface area contributed by atoms with Gasteiger partial charge in [-0.1, -0.05) is 31.2 Å². The van der Waals surface area contributed by atoms with Crippen molar-refractivity contribution in [3.63, 3.8) is 0 Å². The molecule has 1 unspecified atom stereocenters. The summed E-state index contributed by atoms with van der Waals surface area (Å²) >= 11 is 0. The number of aryl methyl sites for hydroxylation is 1. The highest BCUT2D eigenvalue weighted by atomic mass is 19.1. The van der Waals surface area contributed by atoms with Gasteiger partial charge in [-0.05, 0) is 37.1 Å². The highest BCUT2D eigenvalue weighted by Gasteiger charge is 2.16. The molecule has 0 aliphatic rings. The summed E-state index contributed by atoms with van der Waals surface area (Å²) in [6.07, 6.45) is 3.53. The number of rotatable bonds is 7. The summed E-state index contributed by atoms with van der Waals surface area (Å²) in [6, 6.07) is 6.84.